The van der Waals surface area contributed by atoms with Crippen molar-refractivity contribution in [1.29, 1.82) is 0 Å². The van der Waals surface area contributed by atoms with Crippen molar-refractivity contribution in [3.63, 3.8) is 0 Å². The predicted molar refractivity (Wildman–Crippen MR) is 70.6 cm³/mol. The Kier molecular flexibility index (Phi) is 4.57. The van der Waals surface area contributed by atoms with Gasteiger partial charge in [-0.1, -0.05) is 13.8 Å². The number of nitro groups is 1. The molecule has 0 aliphatic carbocycles. The van der Waals surface area contributed by atoms with Crippen molar-refractivity contribution in [3.8, 4) is 0 Å². The summed E-state index contributed by atoms with van der Waals surface area (Å²) in [6.07, 6.45) is 0.888. The molecule has 0 aromatic carbocycles. The maximum Gasteiger partial charge on any atom is 0.300 e. The zero-order valence-electron chi connectivity index (χ0n) is 11.0. The molecule has 2 amide bonds. The first-order chi connectivity index (χ1) is 9.23. The van der Waals surface area contributed by atoms with Gasteiger partial charge in [-0.2, -0.15) is 0 Å². The number of primary amides is 1. The first kappa shape index (κ1) is 15.3. The maximum absolute atomic E-state index is 12.0. The van der Waals surface area contributed by atoms with Gasteiger partial charge >= 0.3 is 0 Å². The normalized spacial score (nSPS) is 11.9. The molecule has 1 atom stereocenters. The van der Waals surface area contributed by atoms with Gasteiger partial charge in [-0.15, -0.1) is 0 Å². The molecule has 1 aromatic rings. The lowest BCUT2D eigenvalue weighted by Crippen LogP contribution is -2.47. The fourth-order valence-corrected chi connectivity index (χ4v) is 1.58. The molecule has 0 fully saturated rings. The van der Waals surface area contributed by atoms with Crippen LogP contribution in [-0.4, -0.2) is 27.8 Å². The van der Waals surface area contributed by atoms with Crippen LogP contribution in [0.25, 0.3) is 0 Å². The highest BCUT2D eigenvalue weighted by Crippen LogP contribution is 2.19. The molecule has 9 heteroatoms. The highest BCUT2D eigenvalue weighted by molar-refractivity contribution is 6.00. The third kappa shape index (κ3) is 3.40. The summed E-state index contributed by atoms with van der Waals surface area (Å²) in [5.74, 6) is -1.82. The summed E-state index contributed by atoms with van der Waals surface area (Å²) in [5, 5.41) is 13.2. The molecule has 1 aromatic heterocycles. The molecule has 0 radical (unpaired) electrons. The largest absolute Gasteiger partial charge is 0.384 e. The van der Waals surface area contributed by atoms with E-state index in [-0.39, 0.29) is 17.3 Å². The van der Waals surface area contributed by atoms with E-state index in [0.717, 1.165) is 12.3 Å². The van der Waals surface area contributed by atoms with E-state index in [1.807, 2.05) is 0 Å². The molecular weight excluding hydrogens is 266 g/mol. The van der Waals surface area contributed by atoms with Gasteiger partial charge in [-0.05, 0) is 12.0 Å². The molecule has 20 heavy (non-hydrogen) atoms. The van der Waals surface area contributed by atoms with Gasteiger partial charge in [-0.25, -0.2) is 4.98 Å². The molecule has 0 aliphatic rings. The number of nitrogen functional groups attached to an aromatic ring is 1. The van der Waals surface area contributed by atoms with E-state index < -0.39 is 28.5 Å². The Labute approximate surface area is 114 Å². The number of aromatic nitrogens is 1. The van der Waals surface area contributed by atoms with Crippen molar-refractivity contribution in [2.45, 2.75) is 19.9 Å². The number of carbonyl (C=O) groups is 2. The van der Waals surface area contributed by atoms with Gasteiger partial charge in [0.15, 0.2) is 0 Å². The third-order valence-corrected chi connectivity index (χ3v) is 2.61. The number of amides is 2. The van der Waals surface area contributed by atoms with E-state index in [1.54, 1.807) is 13.8 Å². The van der Waals surface area contributed by atoms with E-state index in [0.29, 0.717) is 0 Å². The topological polar surface area (TPSA) is 154 Å². The molecule has 0 saturated heterocycles. The van der Waals surface area contributed by atoms with Gasteiger partial charge in [0.05, 0.1) is 4.92 Å². The molecule has 108 valence electrons. The van der Waals surface area contributed by atoms with Crippen LogP contribution in [0.2, 0.25) is 0 Å². The van der Waals surface area contributed by atoms with Crippen LogP contribution in [0.5, 0.6) is 0 Å². The Morgan fingerprint density at radius 3 is 2.50 bits per heavy atom. The van der Waals surface area contributed by atoms with Crippen LogP contribution in [-0.2, 0) is 4.79 Å². The monoisotopic (exact) mass is 281 g/mol. The lowest BCUT2D eigenvalue weighted by atomic mass is 10.0. The first-order valence-electron chi connectivity index (χ1n) is 5.74. The van der Waals surface area contributed by atoms with Crippen LogP contribution in [0.1, 0.15) is 24.2 Å². The number of carbonyl (C=O) groups excluding carboxylic acids is 2. The van der Waals surface area contributed by atoms with Gasteiger partial charge in [0.2, 0.25) is 5.91 Å². The van der Waals surface area contributed by atoms with E-state index >= 15 is 0 Å². The minimum absolute atomic E-state index is 0.0408. The number of hydrogen-bond donors (Lipinski definition) is 3. The number of pyridine rings is 1. The summed E-state index contributed by atoms with van der Waals surface area (Å²) in [7, 11) is 0. The number of hydrogen-bond acceptors (Lipinski definition) is 6. The summed E-state index contributed by atoms with van der Waals surface area (Å²) >= 11 is 0. The van der Waals surface area contributed by atoms with Crippen LogP contribution in [0.4, 0.5) is 11.5 Å². The standard InChI is InChI=1S/C11H15N5O4/c1-5(2)9(10(13)17)15-11(18)6-3-8(12)14-4-7(6)16(19)20/h3-5,9H,1-2H3,(H2,12,14)(H2,13,17)(H,15,18). The average Bonchev–Trinajstić information content (AvgIpc) is 2.34. The quantitative estimate of drug-likeness (QED) is 0.502. The van der Waals surface area contributed by atoms with Gasteiger partial charge in [0.25, 0.3) is 11.6 Å². The summed E-state index contributed by atoms with van der Waals surface area (Å²) in [6.45, 7) is 3.37. The molecule has 0 bridgehead atoms. The molecule has 1 heterocycles. The van der Waals surface area contributed by atoms with Gasteiger partial charge < -0.3 is 16.8 Å². The minimum Gasteiger partial charge on any atom is -0.384 e. The zero-order chi connectivity index (χ0) is 15.4. The lowest BCUT2D eigenvalue weighted by molar-refractivity contribution is -0.385. The molecule has 1 unspecified atom stereocenters. The van der Waals surface area contributed by atoms with Gasteiger partial charge in [-0.3, -0.25) is 19.7 Å². The molecular formula is C11H15N5O4. The van der Waals surface area contributed by atoms with E-state index in [4.69, 9.17) is 11.5 Å². The summed E-state index contributed by atoms with van der Waals surface area (Å²) in [6, 6.07) is 0.141. The fraction of sp³-hybridized carbons (Fsp3) is 0.364. The number of anilines is 1. The van der Waals surface area contributed by atoms with Crippen LogP contribution in [0.15, 0.2) is 12.3 Å². The summed E-state index contributed by atoms with van der Waals surface area (Å²) < 4.78 is 0. The molecule has 0 spiro atoms. The second-order valence-corrected chi connectivity index (χ2v) is 4.48. The Balaban J connectivity index is 3.11. The molecule has 0 aliphatic heterocycles. The Hall–Kier alpha value is -2.71. The van der Waals surface area contributed by atoms with Crippen molar-refractivity contribution in [3.05, 3.63) is 27.9 Å². The predicted octanol–water partition coefficient (Wildman–Crippen LogP) is -0.188. The van der Waals surface area contributed by atoms with Crippen molar-refractivity contribution in [2.24, 2.45) is 11.7 Å². The van der Waals surface area contributed by atoms with E-state index in [9.17, 15) is 19.7 Å². The maximum atomic E-state index is 12.0. The number of nitrogens with two attached hydrogens (primary N) is 2. The number of rotatable bonds is 5. The van der Waals surface area contributed by atoms with Gasteiger partial charge in [0.1, 0.15) is 23.6 Å². The molecule has 0 saturated carbocycles. The van der Waals surface area contributed by atoms with Crippen LogP contribution >= 0.6 is 0 Å². The highest BCUT2D eigenvalue weighted by atomic mass is 16.6. The summed E-state index contributed by atoms with van der Waals surface area (Å²) in [4.78, 5) is 36.9. The van der Waals surface area contributed by atoms with Crippen molar-refractivity contribution in [2.75, 3.05) is 5.73 Å². The van der Waals surface area contributed by atoms with Crippen LogP contribution < -0.4 is 16.8 Å². The zero-order valence-corrected chi connectivity index (χ0v) is 11.0. The average molecular weight is 281 g/mol. The van der Waals surface area contributed by atoms with E-state index in [2.05, 4.69) is 10.3 Å². The van der Waals surface area contributed by atoms with Crippen molar-refractivity contribution < 1.29 is 14.5 Å². The number of nitrogens with zero attached hydrogens (tertiary/aromatic N) is 2. The van der Waals surface area contributed by atoms with Gasteiger partial charge in [0, 0.05) is 0 Å². The second kappa shape index (κ2) is 5.95. The lowest BCUT2D eigenvalue weighted by Gasteiger charge is -2.18. The third-order valence-electron chi connectivity index (χ3n) is 2.61. The SMILES string of the molecule is CC(C)C(NC(=O)c1cc(N)ncc1[N+](=O)[O-])C(N)=O. The summed E-state index contributed by atoms with van der Waals surface area (Å²) in [5.41, 5.74) is 9.81. The molecule has 1 rings (SSSR count). The van der Waals surface area contributed by atoms with Crippen molar-refractivity contribution in [1.82, 2.24) is 10.3 Å². The fourth-order valence-electron chi connectivity index (χ4n) is 1.58. The molecule has 5 N–H and O–H groups in total. The Morgan fingerprint density at radius 1 is 1.45 bits per heavy atom. The van der Waals surface area contributed by atoms with E-state index in [1.165, 1.54) is 0 Å². The molecule has 9 nitrogen and oxygen atoms in total. The van der Waals surface area contributed by atoms with Crippen molar-refractivity contribution >= 4 is 23.3 Å². The minimum atomic E-state index is -0.934. The highest BCUT2D eigenvalue weighted by Gasteiger charge is 2.27. The first-order valence-corrected chi connectivity index (χ1v) is 5.74. The second-order valence-electron chi connectivity index (χ2n) is 4.48. The Bertz CT molecular complexity index is 558. The number of nitrogens with one attached hydrogen (secondary N) is 1. The van der Waals surface area contributed by atoms with Crippen LogP contribution in [0.3, 0.4) is 0 Å². The Morgan fingerprint density at radius 2 is 2.05 bits per heavy atom. The smallest absolute Gasteiger partial charge is 0.300 e. The van der Waals surface area contributed by atoms with Crippen LogP contribution in [0, 0.1) is 16.0 Å².